The predicted octanol–water partition coefficient (Wildman–Crippen LogP) is 12.5. The molecule has 1 unspecified atom stereocenters. The summed E-state index contributed by atoms with van der Waals surface area (Å²) in [6.07, 6.45) is 41.5. The molecule has 0 radical (unpaired) electrons. The molecule has 52 heavy (non-hydrogen) atoms. The van der Waals surface area contributed by atoms with Crippen LogP contribution in [0.3, 0.4) is 0 Å². The van der Waals surface area contributed by atoms with Crippen LogP contribution in [0.5, 0.6) is 0 Å². The monoisotopic (exact) mass is 764 g/mol. The van der Waals surface area contributed by atoms with Gasteiger partial charge in [0.25, 0.3) is 0 Å². The number of unbranched alkanes of at least 4 members (excludes halogenated alkanes) is 30. The molecule has 0 bridgehead atoms. The van der Waals surface area contributed by atoms with Crippen molar-refractivity contribution < 1.29 is 37.9 Å². The van der Waals surface area contributed by atoms with Crippen LogP contribution in [-0.4, -0.2) is 61.1 Å². The molecule has 0 aromatic heterocycles. The lowest BCUT2D eigenvalue weighted by atomic mass is 10.0. The summed E-state index contributed by atoms with van der Waals surface area (Å²) in [7, 11) is -4.47. The number of phosphoric ester groups is 1. The van der Waals surface area contributed by atoms with Gasteiger partial charge in [0.2, 0.25) is 0 Å². The van der Waals surface area contributed by atoms with Crippen molar-refractivity contribution in [3.05, 3.63) is 0 Å². The second-order valence-electron chi connectivity index (χ2n) is 15.2. The van der Waals surface area contributed by atoms with Crippen LogP contribution in [0.4, 0.5) is 0 Å². The van der Waals surface area contributed by atoms with Gasteiger partial charge in [-0.25, -0.2) is 4.57 Å². The molecule has 0 aromatic rings. The molecule has 0 spiro atoms. The third-order valence-corrected chi connectivity index (χ3v) is 10.9. The van der Waals surface area contributed by atoms with E-state index >= 15 is 0 Å². The molecule has 0 rings (SSSR count). The molecule has 0 saturated carbocycles. The fourth-order valence-electron chi connectivity index (χ4n) is 6.47. The number of rotatable bonds is 44. The summed E-state index contributed by atoms with van der Waals surface area (Å²) in [5, 5.41) is 8.90. The van der Waals surface area contributed by atoms with Gasteiger partial charge in [-0.2, -0.15) is 0 Å². The van der Waals surface area contributed by atoms with Crippen LogP contribution in [0, 0.1) is 0 Å². The lowest BCUT2D eigenvalue weighted by Gasteiger charge is -2.20. The number of phosphoric acid groups is 1. The summed E-state index contributed by atoms with van der Waals surface area (Å²) in [5.74, 6) is -1.32. The average molecular weight is 764 g/mol. The molecule has 0 fully saturated rings. The van der Waals surface area contributed by atoms with Crippen molar-refractivity contribution in [3.63, 3.8) is 0 Å². The first-order chi connectivity index (χ1) is 25.3. The van der Waals surface area contributed by atoms with E-state index in [0.717, 1.165) is 25.7 Å². The molecule has 3 atom stereocenters. The van der Waals surface area contributed by atoms with Gasteiger partial charge in [-0.15, -0.1) is 0 Å². The predicted molar refractivity (Wildman–Crippen MR) is 217 cm³/mol. The summed E-state index contributed by atoms with van der Waals surface area (Å²) >= 11 is 0. The fourth-order valence-corrected chi connectivity index (χ4v) is 7.25. The largest absolute Gasteiger partial charge is 0.480 e. The summed E-state index contributed by atoms with van der Waals surface area (Å²) < 4.78 is 34.1. The zero-order valence-electron chi connectivity index (χ0n) is 34.2. The number of aliphatic carboxylic acids is 1. The van der Waals surface area contributed by atoms with E-state index in [1.54, 1.807) is 0 Å². The van der Waals surface area contributed by atoms with E-state index in [1.165, 1.54) is 180 Å². The highest BCUT2D eigenvalue weighted by Crippen LogP contribution is 2.43. The maximum atomic E-state index is 12.3. The van der Waals surface area contributed by atoms with Crippen LogP contribution in [0.1, 0.15) is 219 Å². The van der Waals surface area contributed by atoms with Crippen LogP contribution in [0.15, 0.2) is 0 Å². The molecule has 312 valence electrons. The first-order valence-electron chi connectivity index (χ1n) is 22.1. The van der Waals surface area contributed by atoms with Crippen LogP contribution < -0.4 is 5.73 Å². The van der Waals surface area contributed by atoms with Gasteiger partial charge in [-0.3, -0.25) is 13.8 Å². The van der Waals surface area contributed by atoms with Gasteiger partial charge in [0.05, 0.1) is 19.8 Å². The van der Waals surface area contributed by atoms with Crippen molar-refractivity contribution in [2.45, 2.75) is 231 Å². The number of carboxylic acids is 1. The lowest BCUT2D eigenvalue weighted by molar-refractivity contribution is -0.139. The number of hydrogen-bond acceptors (Lipinski definition) is 7. The number of carboxylic acid groups (broad SMARTS) is 1. The Kier molecular flexibility index (Phi) is 39.7. The van der Waals surface area contributed by atoms with Gasteiger partial charge in [0, 0.05) is 13.2 Å². The molecule has 4 N–H and O–H groups in total. The Balaban J connectivity index is 4.05. The second kappa shape index (κ2) is 40.1. The van der Waals surface area contributed by atoms with Crippen LogP contribution in [0.25, 0.3) is 0 Å². The number of hydrogen-bond donors (Lipinski definition) is 3. The van der Waals surface area contributed by atoms with Gasteiger partial charge in [-0.05, 0) is 12.8 Å². The van der Waals surface area contributed by atoms with E-state index in [-0.39, 0.29) is 13.2 Å². The maximum Gasteiger partial charge on any atom is 0.472 e. The lowest BCUT2D eigenvalue weighted by Crippen LogP contribution is -2.34. The van der Waals surface area contributed by atoms with E-state index in [2.05, 4.69) is 13.8 Å². The molecule has 0 amide bonds. The zero-order chi connectivity index (χ0) is 38.2. The molecule has 0 aliphatic heterocycles. The molecule has 9 nitrogen and oxygen atoms in total. The molecule has 10 heteroatoms. The smallest absolute Gasteiger partial charge is 0.472 e. The standard InChI is InChI=1S/C42H86NO8P/c1-3-5-7-9-11-13-15-17-19-21-23-25-27-29-31-33-35-48-37-40(38-50-52(46,47)51-39-41(43)42(44)45)49-36-34-32-30-28-26-24-22-20-18-16-14-12-10-8-6-4-2/h40-41H,3-39,43H2,1-2H3,(H,44,45)(H,46,47)/t40-,41+/m1/s1. The first kappa shape index (κ1) is 51.5. The Labute approximate surface area is 321 Å². The van der Waals surface area contributed by atoms with Crippen molar-refractivity contribution in [1.82, 2.24) is 0 Å². The maximum absolute atomic E-state index is 12.3. The van der Waals surface area contributed by atoms with E-state index in [0.29, 0.717) is 13.2 Å². The summed E-state index contributed by atoms with van der Waals surface area (Å²) in [4.78, 5) is 20.9. The van der Waals surface area contributed by atoms with Gasteiger partial charge in [-0.1, -0.05) is 206 Å². The summed E-state index contributed by atoms with van der Waals surface area (Å²) in [6, 6.07) is -1.41. The minimum Gasteiger partial charge on any atom is -0.480 e. The molecule has 0 heterocycles. The van der Waals surface area contributed by atoms with Crippen molar-refractivity contribution >= 4 is 13.8 Å². The number of nitrogens with two attached hydrogens (primary N) is 1. The van der Waals surface area contributed by atoms with Gasteiger partial charge in [0.15, 0.2) is 0 Å². The highest BCUT2D eigenvalue weighted by Gasteiger charge is 2.26. The molecule has 0 aliphatic rings. The van der Waals surface area contributed by atoms with Crippen LogP contribution >= 0.6 is 7.82 Å². The van der Waals surface area contributed by atoms with Gasteiger partial charge in [0.1, 0.15) is 12.1 Å². The second-order valence-corrected chi connectivity index (χ2v) is 16.6. The Morgan fingerprint density at radius 1 is 0.500 bits per heavy atom. The van der Waals surface area contributed by atoms with Crippen molar-refractivity contribution in [3.8, 4) is 0 Å². The molecular formula is C42H86NO8P. The highest BCUT2D eigenvalue weighted by molar-refractivity contribution is 7.47. The van der Waals surface area contributed by atoms with Crippen LogP contribution in [-0.2, 0) is 27.9 Å². The topological polar surface area (TPSA) is 138 Å². The highest BCUT2D eigenvalue weighted by atomic mass is 31.2. The minimum atomic E-state index is -4.47. The van der Waals surface area contributed by atoms with E-state index < -0.39 is 32.5 Å². The zero-order valence-corrected chi connectivity index (χ0v) is 35.1. The van der Waals surface area contributed by atoms with Crippen molar-refractivity contribution in [2.24, 2.45) is 5.73 Å². The Morgan fingerprint density at radius 2 is 0.808 bits per heavy atom. The number of carbonyl (C=O) groups is 1. The molecular weight excluding hydrogens is 677 g/mol. The third-order valence-electron chi connectivity index (χ3n) is 9.96. The number of ether oxygens (including phenoxy) is 2. The van der Waals surface area contributed by atoms with E-state index in [1.807, 2.05) is 0 Å². The summed E-state index contributed by atoms with van der Waals surface area (Å²) in [5.41, 5.74) is 5.38. The van der Waals surface area contributed by atoms with Crippen molar-refractivity contribution in [2.75, 3.05) is 33.0 Å². The first-order valence-corrected chi connectivity index (χ1v) is 23.6. The van der Waals surface area contributed by atoms with Gasteiger partial charge >= 0.3 is 13.8 Å². The fraction of sp³-hybridized carbons (Fsp3) is 0.976. The molecule has 0 aliphatic carbocycles. The van der Waals surface area contributed by atoms with E-state index in [9.17, 15) is 14.3 Å². The Morgan fingerprint density at radius 3 is 1.15 bits per heavy atom. The summed E-state index contributed by atoms with van der Waals surface area (Å²) in [6.45, 7) is 5.12. The third kappa shape index (κ3) is 39.2. The average Bonchev–Trinajstić information content (AvgIpc) is 3.13. The van der Waals surface area contributed by atoms with Gasteiger partial charge < -0.3 is 25.2 Å². The van der Waals surface area contributed by atoms with Crippen molar-refractivity contribution in [1.29, 1.82) is 0 Å². The van der Waals surface area contributed by atoms with Crippen LogP contribution in [0.2, 0.25) is 0 Å². The molecule has 0 saturated heterocycles. The quantitative estimate of drug-likeness (QED) is 0.0409. The minimum absolute atomic E-state index is 0.187. The molecule has 0 aromatic carbocycles. The Hall–Kier alpha value is -0.540. The Bertz CT molecular complexity index is 789. The van der Waals surface area contributed by atoms with E-state index in [4.69, 9.17) is 29.4 Å². The normalized spacial score (nSPS) is 14.1. The SMILES string of the molecule is CCCCCCCCCCCCCCCCCCOC[C@H](COP(=O)(O)OC[C@H](N)C(=O)O)OCCCCCCCCCCCCCCCCCC.